The van der Waals surface area contributed by atoms with Gasteiger partial charge in [0.25, 0.3) is 0 Å². The van der Waals surface area contributed by atoms with Gasteiger partial charge in [-0.05, 0) is 24.3 Å². The first-order valence-corrected chi connectivity index (χ1v) is 8.79. The Morgan fingerprint density at radius 2 is 2.04 bits per heavy atom. The van der Waals surface area contributed by atoms with E-state index in [1.165, 1.54) is 0 Å². The second-order valence-corrected chi connectivity index (χ2v) is 6.16. The first kappa shape index (κ1) is 18.5. The number of rotatable bonds is 7. The summed E-state index contributed by atoms with van der Waals surface area (Å²) in [4.78, 5) is 19.8. The van der Waals surface area contributed by atoms with Gasteiger partial charge in [0.05, 0.1) is 19.4 Å². The number of carbonyl (C=O) groups excluding carboxylic acids is 1. The predicted octanol–water partition coefficient (Wildman–Crippen LogP) is 3.91. The highest BCUT2D eigenvalue weighted by molar-refractivity contribution is 6.03. The number of urea groups is 1. The molecule has 1 unspecified atom stereocenters. The summed E-state index contributed by atoms with van der Waals surface area (Å²) in [7, 11) is 1.63. The molecule has 0 saturated carbocycles. The van der Waals surface area contributed by atoms with E-state index in [0.717, 1.165) is 22.7 Å². The highest BCUT2D eigenvalue weighted by Crippen LogP contribution is 2.25. The third-order valence-electron chi connectivity index (χ3n) is 4.24. The van der Waals surface area contributed by atoms with Crippen molar-refractivity contribution >= 4 is 17.4 Å². The number of nitrogens with one attached hydrogen (secondary N) is 1. The lowest BCUT2D eigenvalue weighted by Crippen LogP contribution is -2.40. The first-order valence-electron chi connectivity index (χ1n) is 8.79. The second-order valence-electron chi connectivity index (χ2n) is 6.16. The van der Waals surface area contributed by atoms with Gasteiger partial charge >= 0.3 is 6.03 Å². The number of methoxy groups -OCH3 is 1. The molecule has 0 spiro atoms. The zero-order valence-electron chi connectivity index (χ0n) is 15.3. The third kappa shape index (κ3) is 4.67. The molecule has 1 atom stereocenters. The molecule has 0 aromatic heterocycles. The lowest BCUT2D eigenvalue weighted by Gasteiger charge is -2.23. The van der Waals surface area contributed by atoms with Gasteiger partial charge in [-0.1, -0.05) is 41.6 Å². The molecule has 1 aliphatic heterocycles. The van der Waals surface area contributed by atoms with Crippen molar-refractivity contribution in [2.75, 3.05) is 25.5 Å². The van der Waals surface area contributed by atoms with Gasteiger partial charge < -0.3 is 19.8 Å². The Balaban J connectivity index is 1.63. The van der Waals surface area contributed by atoms with Crippen LogP contribution < -0.4 is 10.1 Å². The van der Waals surface area contributed by atoms with Crippen LogP contribution in [0.25, 0.3) is 0 Å². The molecule has 1 N–H and O–H groups in total. The minimum Gasteiger partial charge on any atom is -0.496 e. The Kier molecular flexibility index (Phi) is 6.10. The number of para-hydroxylation sites is 2. The van der Waals surface area contributed by atoms with E-state index >= 15 is 0 Å². The highest BCUT2D eigenvalue weighted by Gasteiger charge is 2.27. The van der Waals surface area contributed by atoms with Gasteiger partial charge in [0.1, 0.15) is 5.75 Å². The zero-order chi connectivity index (χ0) is 19.1. The number of ether oxygens (including phenoxy) is 1. The molecule has 2 aromatic rings. The van der Waals surface area contributed by atoms with Gasteiger partial charge in [-0.25, -0.2) is 4.79 Å². The predicted molar refractivity (Wildman–Crippen MR) is 106 cm³/mol. The van der Waals surface area contributed by atoms with E-state index in [1.54, 1.807) is 18.1 Å². The van der Waals surface area contributed by atoms with Gasteiger partial charge in [-0.3, -0.25) is 0 Å². The minimum atomic E-state index is -0.216. The summed E-state index contributed by atoms with van der Waals surface area (Å²) in [6.07, 6.45) is 2.08. The van der Waals surface area contributed by atoms with Gasteiger partial charge in [-0.15, -0.1) is 6.58 Å². The number of anilines is 1. The van der Waals surface area contributed by atoms with E-state index in [-0.39, 0.29) is 12.1 Å². The van der Waals surface area contributed by atoms with E-state index in [9.17, 15) is 4.79 Å². The fourth-order valence-corrected chi connectivity index (χ4v) is 2.93. The average Bonchev–Trinajstić information content (AvgIpc) is 3.17. The molecular weight excluding hydrogens is 342 g/mol. The molecule has 140 valence electrons. The van der Waals surface area contributed by atoms with Crippen LogP contribution in [0, 0.1) is 0 Å². The molecule has 0 bridgehead atoms. The van der Waals surface area contributed by atoms with Crippen LogP contribution in [0.4, 0.5) is 10.5 Å². The van der Waals surface area contributed by atoms with Crippen molar-refractivity contribution < 1.29 is 14.4 Å². The normalized spacial score (nSPS) is 15.4. The van der Waals surface area contributed by atoms with Crippen LogP contribution in [0.15, 0.2) is 72.4 Å². The number of oxime groups is 1. The van der Waals surface area contributed by atoms with E-state index < -0.39 is 0 Å². The maximum atomic E-state index is 12.6. The van der Waals surface area contributed by atoms with Crippen LogP contribution in [-0.2, 0) is 4.84 Å². The minimum absolute atomic E-state index is 0.199. The molecule has 3 rings (SSSR count). The lowest BCUT2D eigenvalue weighted by molar-refractivity contribution is 0.0645. The molecule has 0 fully saturated rings. The zero-order valence-corrected chi connectivity index (χ0v) is 15.3. The largest absolute Gasteiger partial charge is 0.496 e. The van der Waals surface area contributed by atoms with Crippen LogP contribution in [0.2, 0.25) is 0 Å². The van der Waals surface area contributed by atoms with Crippen molar-refractivity contribution in [3.63, 3.8) is 0 Å². The van der Waals surface area contributed by atoms with E-state index in [0.29, 0.717) is 19.5 Å². The van der Waals surface area contributed by atoms with Crippen LogP contribution in [0.1, 0.15) is 12.0 Å². The van der Waals surface area contributed by atoms with Crippen LogP contribution >= 0.6 is 0 Å². The Labute approximate surface area is 159 Å². The monoisotopic (exact) mass is 365 g/mol. The van der Waals surface area contributed by atoms with Crippen molar-refractivity contribution in [1.82, 2.24) is 4.90 Å². The third-order valence-corrected chi connectivity index (χ3v) is 4.24. The standard InChI is InChI=1S/C21H23N3O3/c1-3-13-24(21(25)22-16-9-5-4-6-10-16)15-17-14-19(23-27-17)18-11-7-8-12-20(18)26-2/h3-12,17H,1,13-15H2,2H3,(H,22,25). The van der Waals surface area contributed by atoms with Gasteiger partial charge in [-0.2, -0.15) is 0 Å². The van der Waals surface area contributed by atoms with E-state index in [4.69, 9.17) is 9.57 Å². The fraction of sp³-hybridized carbons (Fsp3) is 0.238. The maximum absolute atomic E-state index is 12.6. The summed E-state index contributed by atoms with van der Waals surface area (Å²) in [6.45, 7) is 4.57. The number of carbonyl (C=O) groups is 1. The second kappa shape index (κ2) is 8.89. The summed E-state index contributed by atoms with van der Waals surface area (Å²) in [6, 6.07) is 16.8. The van der Waals surface area contributed by atoms with Crippen molar-refractivity contribution in [2.24, 2.45) is 5.16 Å². The summed E-state index contributed by atoms with van der Waals surface area (Å²) in [5.74, 6) is 0.755. The Bertz CT molecular complexity index is 820. The summed E-state index contributed by atoms with van der Waals surface area (Å²) >= 11 is 0. The number of amides is 2. The molecular formula is C21H23N3O3. The van der Waals surface area contributed by atoms with Crippen LogP contribution in [0.3, 0.4) is 0 Å². The van der Waals surface area contributed by atoms with E-state index in [1.807, 2.05) is 54.6 Å². The molecule has 6 nitrogen and oxygen atoms in total. The number of hydrogen-bond acceptors (Lipinski definition) is 4. The summed E-state index contributed by atoms with van der Waals surface area (Å²) in [5, 5.41) is 7.09. The maximum Gasteiger partial charge on any atom is 0.322 e. The number of hydrogen-bond donors (Lipinski definition) is 1. The van der Waals surface area contributed by atoms with Gasteiger partial charge in [0.2, 0.25) is 0 Å². The molecule has 1 heterocycles. The Morgan fingerprint density at radius 3 is 2.78 bits per heavy atom. The smallest absolute Gasteiger partial charge is 0.322 e. The molecule has 0 saturated heterocycles. The SMILES string of the molecule is C=CCN(CC1CC(c2ccccc2OC)=NO1)C(=O)Nc1ccccc1. The van der Waals surface area contributed by atoms with Crippen LogP contribution in [-0.4, -0.2) is 42.9 Å². The summed E-state index contributed by atoms with van der Waals surface area (Å²) < 4.78 is 5.39. The molecule has 2 amide bonds. The quantitative estimate of drug-likeness (QED) is 0.757. The highest BCUT2D eigenvalue weighted by atomic mass is 16.6. The molecule has 0 aliphatic carbocycles. The molecule has 1 aliphatic rings. The Hall–Kier alpha value is -3.28. The summed E-state index contributed by atoms with van der Waals surface area (Å²) in [5.41, 5.74) is 2.47. The molecule has 6 heteroatoms. The first-order chi connectivity index (χ1) is 13.2. The van der Waals surface area contributed by atoms with Gasteiger partial charge in [0.15, 0.2) is 6.10 Å². The van der Waals surface area contributed by atoms with Crippen LogP contribution in [0.5, 0.6) is 5.75 Å². The number of benzene rings is 2. The molecule has 2 aromatic carbocycles. The lowest BCUT2D eigenvalue weighted by atomic mass is 10.0. The average molecular weight is 365 g/mol. The Morgan fingerprint density at radius 1 is 1.30 bits per heavy atom. The molecule has 0 radical (unpaired) electrons. The topological polar surface area (TPSA) is 63.2 Å². The van der Waals surface area contributed by atoms with Gasteiger partial charge in [0, 0.05) is 24.2 Å². The van der Waals surface area contributed by atoms with Crippen molar-refractivity contribution in [3.05, 3.63) is 72.8 Å². The van der Waals surface area contributed by atoms with Crippen molar-refractivity contribution in [1.29, 1.82) is 0 Å². The van der Waals surface area contributed by atoms with Crippen molar-refractivity contribution in [3.8, 4) is 5.75 Å². The van der Waals surface area contributed by atoms with Crippen molar-refractivity contribution in [2.45, 2.75) is 12.5 Å². The fourth-order valence-electron chi connectivity index (χ4n) is 2.93. The molecule has 27 heavy (non-hydrogen) atoms. The number of nitrogens with zero attached hydrogens (tertiary/aromatic N) is 2. The van der Waals surface area contributed by atoms with E-state index in [2.05, 4.69) is 17.1 Å².